The number of aromatic hydroxyl groups is 1. The predicted octanol–water partition coefficient (Wildman–Crippen LogP) is 2.63. The molecule has 0 atom stereocenters. The molecule has 0 bridgehead atoms. The number of hydrogen-bond donors (Lipinski definition) is 2. The lowest BCUT2D eigenvalue weighted by Gasteiger charge is -2.09. The number of phenolic OH excluding ortho intramolecular Hbond substituents is 1. The first kappa shape index (κ1) is 18.4. The molecule has 4 rings (SSSR count). The predicted molar refractivity (Wildman–Crippen MR) is 107 cm³/mol. The van der Waals surface area contributed by atoms with Crippen LogP contribution >= 0.6 is 0 Å². The Balaban J connectivity index is 1.48. The molecule has 8 heteroatoms. The zero-order chi connectivity index (χ0) is 20.4. The first-order chi connectivity index (χ1) is 14.0. The zero-order valence-corrected chi connectivity index (χ0v) is 15.6. The van der Waals surface area contributed by atoms with Crippen LogP contribution in [0.25, 0.3) is 11.0 Å². The average Bonchev–Trinajstić information content (AvgIpc) is 3.19. The third kappa shape index (κ3) is 4.01. The van der Waals surface area contributed by atoms with Crippen LogP contribution in [-0.2, 0) is 17.8 Å². The summed E-state index contributed by atoms with van der Waals surface area (Å²) in [6, 6.07) is 11.9. The highest BCUT2D eigenvalue weighted by Crippen LogP contribution is 2.23. The van der Waals surface area contributed by atoms with Crippen molar-refractivity contribution < 1.29 is 14.3 Å². The molecular formula is C21H18N4O4. The molecule has 29 heavy (non-hydrogen) atoms. The van der Waals surface area contributed by atoms with Gasteiger partial charge < -0.3 is 14.8 Å². The van der Waals surface area contributed by atoms with E-state index in [0.29, 0.717) is 34.3 Å². The van der Waals surface area contributed by atoms with E-state index in [2.05, 4.69) is 15.4 Å². The van der Waals surface area contributed by atoms with Gasteiger partial charge >= 0.3 is 5.63 Å². The average molecular weight is 390 g/mol. The molecule has 0 saturated heterocycles. The van der Waals surface area contributed by atoms with Crippen molar-refractivity contribution in [3.63, 3.8) is 0 Å². The summed E-state index contributed by atoms with van der Waals surface area (Å²) in [7, 11) is 0. The van der Waals surface area contributed by atoms with Crippen LogP contribution in [0.4, 0.5) is 5.69 Å². The fourth-order valence-electron chi connectivity index (χ4n) is 3.15. The van der Waals surface area contributed by atoms with Crippen LogP contribution < -0.4 is 10.9 Å². The number of carbonyl (C=O) groups is 1. The second kappa shape index (κ2) is 7.59. The number of aryl methyl sites for hydroxylation is 1. The quantitative estimate of drug-likeness (QED) is 0.507. The Labute approximate surface area is 165 Å². The summed E-state index contributed by atoms with van der Waals surface area (Å²) in [6.45, 7) is 2.35. The summed E-state index contributed by atoms with van der Waals surface area (Å²) >= 11 is 0. The number of aromatic nitrogens is 3. The summed E-state index contributed by atoms with van der Waals surface area (Å²) in [4.78, 5) is 28.7. The maximum Gasteiger partial charge on any atom is 0.340 e. The van der Waals surface area contributed by atoms with Gasteiger partial charge in [0.1, 0.15) is 24.0 Å². The molecule has 8 nitrogen and oxygen atoms in total. The standard InChI is InChI=1S/C21H18N4O4/c1-13-17-7-6-16(26)8-19(17)29-21(28)18(13)9-20(27)24-15-4-2-14(3-5-15)10-25-12-22-11-23-25/h2-8,11-12,26H,9-10H2,1H3,(H,24,27). The van der Waals surface area contributed by atoms with Crippen molar-refractivity contribution in [2.75, 3.05) is 5.32 Å². The molecule has 0 saturated carbocycles. The normalized spacial score (nSPS) is 10.9. The third-order valence-corrected chi connectivity index (χ3v) is 4.66. The summed E-state index contributed by atoms with van der Waals surface area (Å²) in [5.74, 6) is -0.305. The highest BCUT2D eigenvalue weighted by Gasteiger charge is 2.15. The topological polar surface area (TPSA) is 110 Å². The van der Waals surface area contributed by atoms with Gasteiger partial charge in [-0.05, 0) is 42.3 Å². The van der Waals surface area contributed by atoms with Crippen molar-refractivity contribution in [3.05, 3.63) is 82.2 Å². The van der Waals surface area contributed by atoms with E-state index in [9.17, 15) is 14.7 Å². The molecular weight excluding hydrogens is 372 g/mol. The Morgan fingerprint density at radius 1 is 1.21 bits per heavy atom. The number of carbonyl (C=O) groups excluding carboxylic acids is 1. The van der Waals surface area contributed by atoms with Crippen molar-refractivity contribution in [2.45, 2.75) is 19.9 Å². The molecule has 0 spiro atoms. The fraction of sp³-hybridized carbons (Fsp3) is 0.143. The molecule has 1 amide bonds. The highest BCUT2D eigenvalue weighted by atomic mass is 16.4. The number of nitrogens with one attached hydrogen (secondary N) is 1. The number of amides is 1. The number of benzene rings is 2. The third-order valence-electron chi connectivity index (χ3n) is 4.66. The number of phenols is 1. The summed E-state index contributed by atoms with van der Waals surface area (Å²) < 4.78 is 6.97. The lowest BCUT2D eigenvalue weighted by Crippen LogP contribution is -2.20. The SMILES string of the molecule is Cc1c(CC(=O)Nc2ccc(Cn3cncn3)cc2)c(=O)oc2cc(O)ccc12. The monoisotopic (exact) mass is 390 g/mol. The highest BCUT2D eigenvalue weighted by molar-refractivity contribution is 5.93. The maximum atomic E-state index is 12.5. The molecule has 0 radical (unpaired) electrons. The Bertz CT molecular complexity index is 1230. The minimum atomic E-state index is -0.584. The van der Waals surface area contributed by atoms with Crippen molar-refractivity contribution in [2.24, 2.45) is 0 Å². The molecule has 2 aromatic carbocycles. The van der Waals surface area contributed by atoms with Gasteiger partial charge in [-0.15, -0.1) is 0 Å². The van der Waals surface area contributed by atoms with Crippen LogP contribution in [0.5, 0.6) is 5.75 Å². The van der Waals surface area contributed by atoms with Gasteiger partial charge in [-0.1, -0.05) is 12.1 Å². The summed E-state index contributed by atoms with van der Waals surface area (Å²) in [5, 5.41) is 17.1. The molecule has 2 heterocycles. The van der Waals surface area contributed by atoms with Crippen molar-refractivity contribution in [1.29, 1.82) is 0 Å². The molecule has 0 unspecified atom stereocenters. The van der Waals surface area contributed by atoms with Crippen molar-refractivity contribution in [1.82, 2.24) is 14.8 Å². The lowest BCUT2D eigenvalue weighted by molar-refractivity contribution is -0.115. The largest absolute Gasteiger partial charge is 0.508 e. The summed E-state index contributed by atoms with van der Waals surface area (Å²) in [5.41, 5.74) is 2.31. The first-order valence-corrected chi connectivity index (χ1v) is 8.96. The molecule has 0 aliphatic rings. The van der Waals surface area contributed by atoms with E-state index >= 15 is 0 Å². The van der Waals surface area contributed by atoms with Gasteiger partial charge in [-0.2, -0.15) is 5.10 Å². The molecule has 0 fully saturated rings. The Morgan fingerprint density at radius 3 is 2.72 bits per heavy atom. The van der Waals surface area contributed by atoms with E-state index in [1.54, 1.807) is 36.1 Å². The Kier molecular flexibility index (Phi) is 4.82. The van der Waals surface area contributed by atoms with Crippen LogP contribution in [0.15, 0.2) is 64.3 Å². The maximum absolute atomic E-state index is 12.5. The van der Waals surface area contributed by atoms with Crippen LogP contribution in [0.2, 0.25) is 0 Å². The molecule has 0 aliphatic carbocycles. The fourth-order valence-corrected chi connectivity index (χ4v) is 3.15. The van der Waals surface area contributed by atoms with E-state index in [4.69, 9.17) is 4.42 Å². The van der Waals surface area contributed by atoms with Gasteiger partial charge in [0.05, 0.1) is 18.5 Å². The zero-order valence-electron chi connectivity index (χ0n) is 15.6. The van der Waals surface area contributed by atoms with Gasteiger partial charge in [-0.25, -0.2) is 14.5 Å². The summed E-state index contributed by atoms with van der Waals surface area (Å²) in [6.07, 6.45) is 3.00. The smallest absolute Gasteiger partial charge is 0.340 e. The van der Waals surface area contributed by atoms with E-state index < -0.39 is 5.63 Å². The van der Waals surface area contributed by atoms with E-state index in [0.717, 1.165) is 5.56 Å². The second-order valence-electron chi connectivity index (χ2n) is 6.69. The van der Waals surface area contributed by atoms with Gasteiger partial charge in [0.2, 0.25) is 5.91 Å². The Morgan fingerprint density at radius 2 is 2.00 bits per heavy atom. The van der Waals surface area contributed by atoms with Crippen molar-refractivity contribution >= 4 is 22.6 Å². The minimum Gasteiger partial charge on any atom is -0.508 e. The van der Waals surface area contributed by atoms with Crippen molar-refractivity contribution in [3.8, 4) is 5.75 Å². The van der Waals surface area contributed by atoms with Gasteiger partial charge in [0.15, 0.2) is 0 Å². The minimum absolute atomic E-state index is 0.0119. The van der Waals surface area contributed by atoms with E-state index in [1.807, 2.05) is 12.1 Å². The number of nitrogens with zero attached hydrogens (tertiary/aromatic N) is 3. The number of fused-ring (bicyclic) bond motifs is 1. The van der Waals surface area contributed by atoms with Crippen LogP contribution in [0.3, 0.4) is 0 Å². The number of hydrogen-bond acceptors (Lipinski definition) is 6. The molecule has 2 aromatic heterocycles. The molecule has 0 aliphatic heterocycles. The number of rotatable bonds is 5. The molecule has 2 N–H and O–H groups in total. The number of anilines is 1. The second-order valence-corrected chi connectivity index (χ2v) is 6.69. The Hall–Kier alpha value is -3.94. The molecule has 146 valence electrons. The van der Waals surface area contributed by atoms with Crippen LogP contribution in [0, 0.1) is 6.92 Å². The van der Waals surface area contributed by atoms with Gasteiger partial charge in [0, 0.05) is 17.1 Å². The molecule has 4 aromatic rings. The van der Waals surface area contributed by atoms with Gasteiger partial charge in [0.25, 0.3) is 0 Å². The lowest BCUT2D eigenvalue weighted by atomic mass is 10.0. The van der Waals surface area contributed by atoms with E-state index in [1.165, 1.54) is 18.5 Å². The van der Waals surface area contributed by atoms with Crippen LogP contribution in [-0.4, -0.2) is 25.8 Å². The first-order valence-electron chi connectivity index (χ1n) is 8.96. The van der Waals surface area contributed by atoms with Crippen LogP contribution in [0.1, 0.15) is 16.7 Å². The van der Waals surface area contributed by atoms with E-state index in [-0.39, 0.29) is 18.1 Å². The van der Waals surface area contributed by atoms with Gasteiger partial charge in [-0.3, -0.25) is 4.79 Å².